The van der Waals surface area contributed by atoms with Crippen LogP contribution in [0.25, 0.3) is 0 Å². The summed E-state index contributed by atoms with van der Waals surface area (Å²) < 4.78 is 11.3. The van der Waals surface area contributed by atoms with Gasteiger partial charge in [0.2, 0.25) is 0 Å². The fourth-order valence-corrected chi connectivity index (χ4v) is 4.29. The van der Waals surface area contributed by atoms with Crippen molar-refractivity contribution in [1.82, 2.24) is 5.32 Å². The summed E-state index contributed by atoms with van der Waals surface area (Å²) in [7, 11) is 0. The van der Waals surface area contributed by atoms with E-state index in [0.29, 0.717) is 39.9 Å². The number of ether oxygens (including phenoxy) is 2. The first-order valence-electron chi connectivity index (χ1n) is 9.56. The van der Waals surface area contributed by atoms with Crippen LogP contribution in [0, 0.1) is 0 Å². The number of dihydropyridines is 1. The number of allylic oxidation sites excluding steroid dienone is 3. The molecule has 0 unspecified atom stereocenters. The zero-order valence-electron chi connectivity index (χ0n) is 16.5. The SMILES string of the molecule is C=CCOC(=O)C1=C(C)NC2=C(C(=O)CCC2)[C@H]1c1cc(Br)c(O)c(OCC)c1. The number of hydrogen-bond donors (Lipinski definition) is 2. The third-order valence-corrected chi connectivity index (χ3v) is 5.62. The standard InChI is InChI=1S/C22H24BrNO5/c1-4-9-29-22(27)18-12(3)24-15-7-6-8-16(25)20(15)19(18)13-10-14(23)21(26)17(11-13)28-5-2/h4,10-11,19,24,26H,1,5-9H2,2-3H3/t19-/m0/s1. The van der Waals surface area contributed by atoms with Gasteiger partial charge in [0.1, 0.15) is 6.61 Å². The summed E-state index contributed by atoms with van der Waals surface area (Å²) in [6.45, 7) is 7.65. The second-order valence-electron chi connectivity index (χ2n) is 6.94. The van der Waals surface area contributed by atoms with Gasteiger partial charge < -0.3 is 19.9 Å². The molecule has 7 heteroatoms. The Bertz CT molecular complexity index is 931. The van der Waals surface area contributed by atoms with Crippen LogP contribution in [0.4, 0.5) is 0 Å². The van der Waals surface area contributed by atoms with E-state index in [-0.39, 0.29) is 23.9 Å². The molecule has 1 aromatic carbocycles. The minimum atomic E-state index is -0.604. The van der Waals surface area contributed by atoms with Crippen molar-refractivity contribution < 1.29 is 24.2 Å². The lowest BCUT2D eigenvalue weighted by atomic mass is 9.75. The molecule has 1 aliphatic carbocycles. The van der Waals surface area contributed by atoms with Gasteiger partial charge in [0.25, 0.3) is 0 Å². The van der Waals surface area contributed by atoms with Crippen molar-refractivity contribution in [2.75, 3.05) is 13.2 Å². The topological polar surface area (TPSA) is 84.9 Å². The second kappa shape index (κ2) is 8.86. The van der Waals surface area contributed by atoms with Gasteiger partial charge in [0, 0.05) is 29.3 Å². The molecule has 2 aliphatic rings. The quantitative estimate of drug-likeness (QED) is 0.486. The normalized spacial score (nSPS) is 18.9. The molecule has 0 spiro atoms. The molecule has 6 nitrogen and oxygen atoms in total. The summed E-state index contributed by atoms with van der Waals surface area (Å²) in [5.74, 6) is -0.839. The molecule has 29 heavy (non-hydrogen) atoms. The number of phenolic OH excluding ortho intramolecular Hbond substituents is 1. The molecule has 0 radical (unpaired) electrons. The summed E-state index contributed by atoms with van der Waals surface area (Å²) in [5, 5.41) is 13.5. The average Bonchev–Trinajstić information content (AvgIpc) is 2.68. The largest absolute Gasteiger partial charge is 0.503 e. The predicted molar refractivity (Wildman–Crippen MR) is 113 cm³/mol. The Morgan fingerprint density at radius 3 is 2.86 bits per heavy atom. The van der Waals surface area contributed by atoms with Crippen LogP contribution in [0.15, 0.2) is 51.8 Å². The molecular formula is C22H24BrNO5. The lowest BCUT2D eigenvalue weighted by Gasteiger charge is -2.34. The lowest BCUT2D eigenvalue weighted by molar-refractivity contribution is -0.138. The summed E-state index contributed by atoms with van der Waals surface area (Å²) in [6, 6.07) is 3.40. The molecule has 1 aliphatic heterocycles. The van der Waals surface area contributed by atoms with E-state index >= 15 is 0 Å². The van der Waals surface area contributed by atoms with E-state index in [9.17, 15) is 14.7 Å². The van der Waals surface area contributed by atoms with Crippen LogP contribution in [0.1, 0.15) is 44.6 Å². The third kappa shape index (κ3) is 4.10. The first-order chi connectivity index (χ1) is 13.9. The highest BCUT2D eigenvalue weighted by atomic mass is 79.9. The molecule has 1 heterocycles. The maximum Gasteiger partial charge on any atom is 0.337 e. The average molecular weight is 462 g/mol. The van der Waals surface area contributed by atoms with Crippen molar-refractivity contribution in [2.24, 2.45) is 0 Å². The van der Waals surface area contributed by atoms with E-state index in [4.69, 9.17) is 9.47 Å². The van der Waals surface area contributed by atoms with Gasteiger partial charge in [-0.15, -0.1) is 0 Å². The predicted octanol–water partition coefficient (Wildman–Crippen LogP) is 4.25. The first-order valence-corrected chi connectivity index (χ1v) is 10.4. The van der Waals surface area contributed by atoms with Gasteiger partial charge >= 0.3 is 5.97 Å². The molecule has 0 aromatic heterocycles. The maximum atomic E-state index is 12.9. The Morgan fingerprint density at radius 1 is 1.41 bits per heavy atom. The number of benzene rings is 1. The first kappa shape index (κ1) is 21.2. The van der Waals surface area contributed by atoms with Crippen molar-refractivity contribution >= 4 is 27.7 Å². The fraction of sp³-hybridized carbons (Fsp3) is 0.364. The van der Waals surface area contributed by atoms with Crippen LogP contribution in [-0.4, -0.2) is 30.1 Å². The molecule has 3 rings (SSSR count). The fourth-order valence-electron chi connectivity index (χ4n) is 3.83. The minimum absolute atomic E-state index is 0.00688. The summed E-state index contributed by atoms with van der Waals surface area (Å²) in [4.78, 5) is 25.8. The number of carbonyl (C=O) groups excluding carboxylic acids is 2. The molecule has 0 saturated carbocycles. The van der Waals surface area contributed by atoms with Crippen LogP contribution >= 0.6 is 15.9 Å². The van der Waals surface area contributed by atoms with Gasteiger partial charge in [-0.1, -0.05) is 12.7 Å². The number of phenols is 1. The lowest BCUT2D eigenvalue weighted by Crippen LogP contribution is -2.34. The summed E-state index contributed by atoms with van der Waals surface area (Å²) in [6.07, 6.45) is 3.44. The molecule has 0 saturated heterocycles. The number of nitrogens with one attached hydrogen (secondary N) is 1. The van der Waals surface area contributed by atoms with Crippen molar-refractivity contribution in [1.29, 1.82) is 0 Å². The van der Waals surface area contributed by atoms with Crippen molar-refractivity contribution in [3.05, 3.63) is 57.4 Å². The highest BCUT2D eigenvalue weighted by Crippen LogP contribution is 2.46. The number of Topliss-reactive ketones (excluding diaryl/α,β-unsaturated/α-hetero) is 1. The van der Waals surface area contributed by atoms with E-state index in [0.717, 1.165) is 18.5 Å². The molecule has 1 aromatic rings. The maximum absolute atomic E-state index is 12.9. The second-order valence-corrected chi connectivity index (χ2v) is 7.79. The zero-order valence-corrected chi connectivity index (χ0v) is 18.1. The number of hydrogen-bond acceptors (Lipinski definition) is 6. The highest BCUT2D eigenvalue weighted by Gasteiger charge is 2.39. The van der Waals surface area contributed by atoms with E-state index < -0.39 is 11.9 Å². The Morgan fingerprint density at radius 2 is 2.17 bits per heavy atom. The van der Waals surface area contributed by atoms with E-state index in [1.165, 1.54) is 6.08 Å². The number of ketones is 1. The molecule has 0 amide bonds. The number of carbonyl (C=O) groups is 2. The summed E-state index contributed by atoms with van der Waals surface area (Å²) in [5.41, 5.74) is 3.12. The Labute approximate surface area is 178 Å². The van der Waals surface area contributed by atoms with Crippen LogP contribution in [-0.2, 0) is 14.3 Å². The Kier molecular flexibility index (Phi) is 6.47. The summed E-state index contributed by atoms with van der Waals surface area (Å²) >= 11 is 3.36. The van der Waals surface area contributed by atoms with E-state index in [1.807, 2.05) is 6.92 Å². The molecule has 2 N–H and O–H groups in total. The van der Waals surface area contributed by atoms with Gasteiger partial charge in [0.05, 0.1) is 16.7 Å². The van der Waals surface area contributed by atoms with Gasteiger partial charge in [0.15, 0.2) is 17.3 Å². The number of halogens is 1. The third-order valence-electron chi connectivity index (χ3n) is 5.01. The van der Waals surface area contributed by atoms with Crippen molar-refractivity contribution in [2.45, 2.75) is 39.0 Å². The van der Waals surface area contributed by atoms with Crippen LogP contribution in [0.3, 0.4) is 0 Å². The van der Waals surface area contributed by atoms with Gasteiger partial charge in [-0.25, -0.2) is 4.79 Å². The number of rotatable bonds is 6. The van der Waals surface area contributed by atoms with Crippen molar-refractivity contribution in [3.63, 3.8) is 0 Å². The minimum Gasteiger partial charge on any atom is -0.503 e. The molecular weight excluding hydrogens is 438 g/mol. The van der Waals surface area contributed by atoms with Gasteiger partial charge in [-0.05, 0) is 60.3 Å². The highest BCUT2D eigenvalue weighted by molar-refractivity contribution is 9.10. The van der Waals surface area contributed by atoms with E-state index in [2.05, 4.69) is 27.8 Å². The molecule has 0 bridgehead atoms. The monoisotopic (exact) mass is 461 g/mol. The number of aromatic hydroxyl groups is 1. The van der Waals surface area contributed by atoms with Crippen molar-refractivity contribution in [3.8, 4) is 11.5 Å². The van der Waals surface area contributed by atoms with Crippen LogP contribution in [0.5, 0.6) is 11.5 Å². The Balaban J connectivity index is 2.19. The molecule has 1 atom stereocenters. The molecule has 154 valence electrons. The van der Waals surface area contributed by atoms with Crippen LogP contribution < -0.4 is 10.1 Å². The smallest absolute Gasteiger partial charge is 0.337 e. The zero-order chi connectivity index (χ0) is 21.1. The number of esters is 1. The van der Waals surface area contributed by atoms with Gasteiger partial charge in [-0.3, -0.25) is 4.79 Å². The Hall–Kier alpha value is -2.54. The van der Waals surface area contributed by atoms with E-state index in [1.54, 1.807) is 19.1 Å². The van der Waals surface area contributed by atoms with Crippen LogP contribution in [0.2, 0.25) is 0 Å². The van der Waals surface area contributed by atoms with Gasteiger partial charge in [-0.2, -0.15) is 0 Å². The molecule has 0 fully saturated rings.